The Morgan fingerprint density at radius 3 is 2.58 bits per heavy atom. The third-order valence-electron chi connectivity index (χ3n) is 2.92. The fourth-order valence-electron chi connectivity index (χ4n) is 2.10. The molecule has 0 aliphatic rings. The van der Waals surface area contributed by atoms with Gasteiger partial charge in [-0.2, -0.15) is 0 Å². The fraction of sp³-hybridized carbons (Fsp3) is 0.500. The van der Waals surface area contributed by atoms with E-state index < -0.39 is 0 Å². The minimum absolute atomic E-state index is 0.0249. The third-order valence-corrected chi connectivity index (χ3v) is 3.74. The van der Waals surface area contributed by atoms with Gasteiger partial charge in [0.25, 0.3) is 5.91 Å². The van der Waals surface area contributed by atoms with Gasteiger partial charge in [0.2, 0.25) is 0 Å². The Balaban J connectivity index is 2.98. The van der Waals surface area contributed by atoms with Crippen molar-refractivity contribution in [2.45, 2.75) is 19.9 Å². The van der Waals surface area contributed by atoms with Gasteiger partial charge in [-0.25, -0.2) is 0 Å². The minimum Gasteiger partial charge on any atom is -0.335 e. The molecule has 1 atom stereocenters. The van der Waals surface area contributed by atoms with E-state index in [9.17, 15) is 4.79 Å². The van der Waals surface area contributed by atoms with Crippen LogP contribution in [0.4, 0.5) is 0 Å². The van der Waals surface area contributed by atoms with Crippen molar-refractivity contribution in [1.29, 1.82) is 0 Å². The van der Waals surface area contributed by atoms with Gasteiger partial charge < -0.3 is 9.80 Å². The summed E-state index contributed by atoms with van der Waals surface area (Å²) in [5.41, 5.74) is 0.545. The van der Waals surface area contributed by atoms with Crippen LogP contribution in [-0.2, 0) is 0 Å². The second-order valence-electron chi connectivity index (χ2n) is 4.83. The molecule has 0 N–H and O–H groups in total. The van der Waals surface area contributed by atoms with E-state index in [1.807, 2.05) is 38.9 Å². The summed E-state index contributed by atoms with van der Waals surface area (Å²) in [6.07, 6.45) is 0. The monoisotopic (exact) mass is 346 g/mol. The van der Waals surface area contributed by atoms with E-state index >= 15 is 0 Å². The van der Waals surface area contributed by atoms with E-state index in [1.54, 1.807) is 12.1 Å². The maximum absolute atomic E-state index is 12.6. The van der Waals surface area contributed by atoms with Gasteiger partial charge in [0.05, 0.1) is 10.6 Å². The van der Waals surface area contributed by atoms with Gasteiger partial charge in [-0.1, -0.05) is 27.5 Å². The third kappa shape index (κ3) is 4.48. The van der Waals surface area contributed by atoms with Gasteiger partial charge in [-0.05, 0) is 46.1 Å². The largest absolute Gasteiger partial charge is 0.335 e. The van der Waals surface area contributed by atoms with E-state index in [4.69, 9.17) is 11.6 Å². The van der Waals surface area contributed by atoms with Crippen LogP contribution in [0.3, 0.4) is 0 Å². The first-order valence-corrected chi connectivity index (χ1v) is 7.44. The number of halogens is 2. The van der Waals surface area contributed by atoms with Crippen molar-refractivity contribution in [2.24, 2.45) is 0 Å². The highest BCUT2D eigenvalue weighted by Gasteiger charge is 2.22. The molecule has 0 saturated carbocycles. The zero-order valence-corrected chi connectivity index (χ0v) is 14.1. The molecule has 1 unspecified atom stereocenters. The first kappa shape index (κ1) is 16.5. The molecule has 5 heteroatoms. The fourth-order valence-corrected chi connectivity index (χ4v) is 2.66. The molecule has 1 aromatic rings. The summed E-state index contributed by atoms with van der Waals surface area (Å²) in [7, 11) is 4.00. The molecule has 1 rings (SSSR count). The maximum Gasteiger partial charge on any atom is 0.255 e. The second-order valence-corrected chi connectivity index (χ2v) is 6.15. The number of likely N-dealkylation sites (N-methyl/N-ethyl adjacent to an activating group) is 2. The number of benzene rings is 1. The highest BCUT2D eigenvalue weighted by atomic mass is 79.9. The van der Waals surface area contributed by atoms with Crippen LogP contribution in [0, 0.1) is 0 Å². The predicted molar refractivity (Wildman–Crippen MR) is 83.9 cm³/mol. The number of carbonyl (C=O) groups is 1. The molecule has 0 radical (unpaired) electrons. The molecule has 0 aromatic heterocycles. The number of rotatable bonds is 5. The Kier molecular flexibility index (Phi) is 6.30. The van der Waals surface area contributed by atoms with E-state index in [0.717, 1.165) is 11.0 Å². The number of hydrogen-bond donors (Lipinski definition) is 0. The molecule has 0 aliphatic heterocycles. The smallest absolute Gasteiger partial charge is 0.255 e. The summed E-state index contributed by atoms with van der Waals surface area (Å²) in [6, 6.07) is 5.49. The van der Waals surface area contributed by atoms with Gasteiger partial charge in [0, 0.05) is 23.6 Å². The average molecular weight is 348 g/mol. The van der Waals surface area contributed by atoms with Crippen molar-refractivity contribution < 1.29 is 4.79 Å². The molecule has 106 valence electrons. The Morgan fingerprint density at radius 2 is 2.05 bits per heavy atom. The molecule has 1 amide bonds. The maximum atomic E-state index is 12.6. The van der Waals surface area contributed by atoms with E-state index in [1.165, 1.54) is 0 Å². The lowest BCUT2D eigenvalue weighted by Crippen LogP contribution is -2.43. The van der Waals surface area contributed by atoms with Crippen LogP contribution in [0.1, 0.15) is 24.2 Å². The lowest BCUT2D eigenvalue weighted by Gasteiger charge is -2.30. The zero-order valence-electron chi connectivity index (χ0n) is 11.8. The molecule has 0 heterocycles. The van der Waals surface area contributed by atoms with Gasteiger partial charge >= 0.3 is 0 Å². The van der Waals surface area contributed by atoms with Crippen molar-refractivity contribution in [1.82, 2.24) is 9.80 Å². The van der Waals surface area contributed by atoms with Crippen LogP contribution in [-0.4, -0.2) is 48.9 Å². The predicted octanol–water partition coefficient (Wildman–Crippen LogP) is 3.51. The van der Waals surface area contributed by atoms with Crippen LogP contribution in [0.5, 0.6) is 0 Å². The number of carbonyl (C=O) groups excluding carboxylic acids is 1. The Labute approximate surface area is 128 Å². The lowest BCUT2D eigenvalue weighted by atomic mass is 10.1. The highest BCUT2D eigenvalue weighted by molar-refractivity contribution is 9.10. The molecule has 0 spiro atoms. The molecule has 0 aliphatic carbocycles. The summed E-state index contributed by atoms with van der Waals surface area (Å²) in [5, 5.41) is 0.490. The summed E-state index contributed by atoms with van der Waals surface area (Å²) < 4.78 is 0.858. The average Bonchev–Trinajstić information content (AvgIpc) is 2.32. The van der Waals surface area contributed by atoms with Gasteiger partial charge in [0.1, 0.15) is 0 Å². The SMILES string of the molecule is CCN(C(=O)c1cc(Br)ccc1Cl)C(C)CN(C)C. The van der Waals surface area contributed by atoms with Crippen LogP contribution in [0.2, 0.25) is 5.02 Å². The zero-order chi connectivity index (χ0) is 14.6. The quantitative estimate of drug-likeness (QED) is 0.813. The lowest BCUT2D eigenvalue weighted by molar-refractivity contribution is 0.0679. The first-order valence-electron chi connectivity index (χ1n) is 6.27. The number of nitrogens with zero attached hydrogens (tertiary/aromatic N) is 2. The Morgan fingerprint density at radius 1 is 1.42 bits per heavy atom. The topological polar surface area (TPSA) is 23.6 Å². The van der Waals surface area contributed by atoms with Crippen molar-refractivity contribution in [2.75, 3.05) is 27.2 Å². The molecule has 1 aromatic carbocycles. The van der Waals surface area contributed by atoms with Crippen LogP contribution >= 0.6 is 27.5 Å². The van der Waals surface area contributed by atoms with Crippen molar-refractivity contribution >= 4 is 33.4 Å². The van der Waals surface area contributed by atoms with Crippen LogP contribution < -0.4 is 0 Å². The van der Waals surface area contributed by atoms with E-state index in [2.05, 4.69) is 20.8 Å². The van der Waals surface area contributed by atoms with Gasteiger partial charge in [-0.3, -0.25) is 4.79 Å². The summed E-state index contributed by atoms with van der Waals surface area (Å²) >= 11 is 9.50. The molecule has 0 saturated heterocycles. The van der Waals surface area contributed by atoms with Crippen LogP contribution in [0.25, 0.3) is 0 Å². The first-order chi connectivity index (χ1) is 8.86. The molecule has 0 fully saturated rings. The van der Waals surface area contributed by atoms with Crippen molar-refractivity contribution in [3.63, 3.8) is 0 Å². The minimum atomic E-state index is -0.0249. The summed E-state index contributed by atoms with van der Waals surface area (Å²) in [5.74, 6) is -0.0249. The van der Waals surface area contributed by atoms with Crippen LogP contribution in [0.15, 0.2) is 22.7 Å². The van der Waals surface area contributed by atoms with Gasteiger partial charge in [0.15, 0.2) is 0 Å². The standard InChI is InChI=1S/C14H20BrClN2O/c1-5-18(10(2)9-17(3)4)14(19)12-8-11(15)6-7-13(12)16/h6-8,10H,5,9H2,1-4H3. The number of amides is 1. The molecular formula is C14H20BrClN2O. The Hall–Kier alpha value is -0.580. The normalized spacial score (nSPS) is 12.6. The summed E-state index contributed by atoms with van der Waals surface area (Å²) in [4.78, 5) is 16.5. The molecule has 0 bridgehead atoms. The molecule has 19 heavy (non-hydrogen) atoms. The van der Waals surface area contributed by atoms with E-state index in [0.29, 0.717) is 17.1 Å². The van der Waals surface area contributed by atoms with E-state index in [-0.39, 0.29) is 11.9 Å². The van der Waals surface area contributed by atoms with Gasteiger partial charge in [-0.15, -0.1) is 0 Å². The second kappa shape index (κ2) is 7.27. The number of hydrogen-bond acceptors (Lipinski definition) is 2. The Bertz CT molecular complexity index is 451. The summed E-state index contributed by atoms with van der Waals surface area (Å²) in [6.45, 7) is 5.52. The molecule has 3 nitrogen and oxygen atoms in total. The highest BCUT2D eigenvalue weighted by Crippen LogP contribution is 2.23. The molecular weight excluding hydrogens is 328 g/mol. The van der Waals surface area contributed by atoms with Crippen molar-refractivity contribution in [3.05, 3.63) is 33.3 Å². The van der Waals surface area contributed by atoms with Crippen molar-refractivity contribution in [3.8, 4) is 0 Å².